The van der Waals surface area contributed by atoms with Gasteiger partial charge in [0, 0.05) is 24.2 Å². The van der Waals surface area contributed by atoms with E-state index in [0.717, 1.165) is 0 Å². The molecule has 2 aromatic rings. The topological polar surface area (TPSA) is 71.6 Å². The van der Waals surface area contributed by atoms with E-state index in [1.165, 1.54) is 23.2 Å². The van der Waals surface area contributed by atoms with E-state index >= 15 is 0 Å². The zero-order valence-electron chi connectivity index (χ0n) is 8.67. The number of rotatable bonds is 2. The van der Waals surface area contributed by atoms with Gasteiger partial charge in [-0.25, -0.2) is 9.97 Å². The van der Waals surface area contributed by atoms with Crippen LogP contribution in [0.1, 0.15) is 11.3 Å². The number of nitrogens with zero attached hydrogens (tertiary/aromatic N) is 4. The Balaban J connectivity index is 2.43. The molecule has 0 N–H and O–H groups in total. The number of halogens is 1. The Bertz CT molecular complexity index is 644. The average molecular weight is 247 g/mol. The maximum absolute atomic E-state index is 11.6. The van der Waals surface area contributed by atoms with E-state index in [9.17, 15) is 4.79 Å². The van der Waals surface area contributed by atoms with Gasteiger partial charge in [-0.1, -0.05) is 17.7 Å². The van der Waals surface area contributed by atoms with Crippen LogP contribution >= 0.6 is 11.6 Å². The SMILES string of the molecule is N#Cc1ncccc1Cn1ccnc(Cl)c1=O. The molecule has 84 valence electrons. The Labute approximate surface area is 102 Å². The summed E-state index contributed by atoms with van der Waals surface area (Å²) in [6, 6.07) is 5.43. The molecule has 0 spiro atoms. The van der Waals surface area contributed by atoms with Crippen LogP contribution in [0.25, 0.3) is 0 Å². The quantitative estimate of drug-likeness (QED) is 0.799. The van der Waals surface area contributed by atoms with Crippen molar-refractivity contribution in [1.29, 1.82) is 5.26 Å². The molecule has 0 unspecified atom stereocenters. The van der Waals surface area contributed by atoms with Gasteiger partial charge in [0.25, 0.3) is 5.56 Å². The van der Waals surface area contributed by atoms with Crippen LogP contribution < -0.4 is 5.56 Å². The van der Waals surface area contributed by atoms with Gasteiger partial charge in [0.2, 0.25) is 0 Å². The van der Waals surface area contributed by atoms with Crippen molar-refractivity contribution in [3.8, 4) is 6.07 Å². The van der Waals surface area contributed by atoms with E-state index in [-0.39, 0.29) is 17.3 Å². The first-order valence-corrected chi connectivity index (χ1v) is 5.15. The molecule has 0 saturated carbocycles. The maximum atomic E-state index is 11.6. The minimum absolute atomic E-state index is 0.0881. The largest absolute Gasteiger partial charge is 0.307 e. The van der Waals surface area contributed by atoms with Crippen LogP contribution in [0, 0.1) is 11.3 Å². The van der Waals surface area contributed by atoms with E-state index in [0.29, 0.717) is 11.3 Å². The molecule has 0 radical (unpaired) electrons. The number of pyridine rings is 1. The zero-order chi connectivity index (χ0) is 12.3. The highest BCUT2D eigenvalue weighted by Gasteiger charge is 2.06. The minimum Gasteiger partial charge on any atom is -0.307 e. The summed E-state index contributed by atoms with van der Waals surface area (Å²) >= 11 is 5.63. The molecule has 0 bridgehead atoms. The van der Waals surface area contributed by atoms with Crippen molar-refractivity contribution < 1.29 is 0 Å². The third-order valence-corrected chi connectivity index (χ3v) is 2.47. The molecule has 17 heavy (non-hydrogen) atoms. The molecule has 2 rings (SSSR count). The number of aromatic nitrogens is 3. The molecule has 0 aromatic carbocycles. The monoisotopic (exact) mass is 246 g/mol. The Hall–Kier alpha value is -2.19. The maximum Gasteiger partial charge on any atom is 0.288 e. The second kappa shape index (κ2) is 4.76. The van der Waals surface area contributed by atoms with Crippen LogP contribution in [-0.2, 0) is 6.54 Å². The van der Waals surface area contributed by atoms with E-state index in [2.05, 4.69) is 9.97 Å². The zero-order valence-corrected chi connectivity index (χ0v) is 9.42. The summed E-state index contributed by atoms with van der Waals surface area (Å²) in [5.41, 5.74) is 0.577. The highest BCUT2D eigenvalue weighted by molar-refractivity contribution is 6.29. The Morgan fingerprint density at radius 3 is 3.00 bits per heavy atom. The minimum atomic E-state index is -0.387. The Kier molecular flexibility index (Phi) is 3.17. The lowest BCUT2D eigenvalue weighted by atomic mass is 10.2. The van der Waals surface area contributed by atoms with Crippen molar-refractivity contribution in [3.05, 3.63) is 57.5 Å². The number of hydrogen-bond donors (Lipinski definition) is 0. The van der Waals surface area contributed by atoms with Crippen molar-refractivity contribution in [2.75, 3.05) is 0 Å². The van der Waals surface area contributed by atoms with Gasteiger partial charge in [-0.2, -0.15) is 5.26 Å². The summed E-state index contributed by atoms with van der Waals surface area (Å²) in [7, 11) is 0. The third kappa shape index (κ3) is 2.32. The number of nitriles is 1. The molecular weight excluding hydrogens is 240 g/mol. The molecule has 0 aliphatic rings. The average Bonchev–Trinajstić information content (AvgIpc) is 2.35. The van der Waals surface area contributed by atoms with Crippen molar-refractivity contribution in [3.63, 3.8) is 0 Å². The fraction of sp³-hybridized carbons (Fsp3) is 0.0909. The van der Waals surface area contributed by atoms with Gasteiger partial charge in [0.05, 0.1) is 6.54 Å². The molecule has 0 amide bonds. The second-order valence-electron chi connectivity index (χ2n) is 3.27. The van der Waals surface area contributed by atoms with Crippen LogP contribution in [0.2, 0.25) is 5.15 Å². The van der Waals surface area contributed by atoms with Crippen LogP contribution in [0.5, 0.6) is 0 Å². The van der Waals surface area contributed by atoms with Gasteiger partial charge >= 0.3 is 0 Å². The Morgan fingerprint density at radius 2 is 2.24 bits per heavy atom. The van der Waals surface area contributed by atoms with Gasteiger partial charge in [-0.05, 0) is 6.07 Å². The molecular formula is C11H7ClN4O. The van der Waals surface area contributed by atoms with Crippen molar-refractivity contribution >= 4 is 11.6 Å². The summed E-state index contributed by atoms with van der Waals surface area (Å²) in [6.07, 6.45) is 4.48. The molecule has 0 fully saturated rings. The van der Waals surface area contributed by atoms with Crippen LogP contribution in [0.4, 0.5) is 0 Å². The van der Waals surface area contributed by atoms with Crippen molar-refractivity contribution in [1.82, 2.24) is 14.5 Å². The highest BCUT2D eigenvalue weighted by Crippen LogP contribution is 2.05. The normalized spacial score (nSPS) is 9.88. The van der Waals surface area contributed by atoms with Gasteiger partial charge in [-0.15, -0.1) is 0 Å². The number of hydrogen-bond acceptors (Lipinski definition) is 4. The lowest BCUT2D eigenvalue weighted by Gasteiger charge is -2.06. The summed E-state index contributed by atoms with van der Waals surface area (Å²) in [5, 5.41) is 8.79. The van der Waals surface area contributed by atoms with E-state index in [4.69, 9.17) is 16.9 Å². The first kappa shape index (κ1) is 11.3. The molecule has 0 atom stereocenters. The third-order valence-electron chi connectivity index (χ3n) is 2.21. The molecule has 0 aliphatic carbocycles. The first-order chi connectivity index (χ1) is 8.22. The summed E-state index contributed by atoms with van der Waals surface area (Å²) in [5.74, 6) is 0. The molecule has 0 saturated heterocycles. The lowest BCUT2D eigenvalue weighted by molar-refractivity contribution is 0.743. The molecule has 2 aromatic heterocycles. The second-order valence-corrected chi connectivity index (χ2v) is 3.63. The smallest absolute Gasteiger partial charge is 0.288 e. The highest BCUT2D eigenvalue weighted by atomic mass is 35.5. The molecule has 6 heteroatoms. The van der Waals surface area contributed by atoms with E-state index in [1.54, 1.807) is 12.1 Å². The van der Waals surface area contributed by atoms with Gasteiger partial charge < -0.3 is 4.57 Å². The van der Waals surface area contributed by atoms with Gasteiger partial charge in [0.15, 0.2) is 5.15 Å². The van der Waals surface area contributed by atoms with Gasteiger partial charge in [0.1, 0.15) is 11.8 Å². The summed E-state index contributed by atoms with van der Waals surface area (Å²) < 4.78 is 1.38. The summed E-state index contributed by atoms with van der Waals surface area (Å²) in [4.78, 5) is 19.2. The Morgan fingerprint density at radius 1 is 1.41 bits per heavy atom. The van der Waals surface area contributed by atoms with Crippen LogP contribution in [-0.4, -0.2) is 14.5 Å². The van der Waals surface area contributed by atoms with Crippen LogP contribution in [0.3, 0.4) is 0 Å². The van der Waals surface area contributed by atoms with E-state index < -0.39 is 0 Å². The molecule has 2 heterocycles. The van der Waals surface area contributed by atoms with E-state index in [1.807, 2.05) is 6.07 Å². The van der Waals surface area contributed by atoms with Crippen LogP contribution in [0.15, 0.2) is 35.5 Å². The lowest BCUT2D eigenvalue weighted by Crippen LogP contribution is -2.21. The fourth-order valence-electron chi connectivity index (χ4n) is 1.40. The van der Waals surface area contributed by atoms with Crippen molar-refractivity contribution in [2.24, 2.45) is 0 Å². The fourth-order valence-corrected chi connectivity index (χ4v) is 1.56. The molecule has 0 aliphatic heterocycles. The standard InChI is InChI=1S/C11H7ClN4O/c12-10-11(17)16(5-4-15-10)7-8-2-1-3-14-9(8)6-13/h1-5H,7H2. The van der Waals surface area contributed by atoms with Gasteiger partial charge in [-0.3, -0.25) is 4.79 Å². The predicted molar refractivity (Wildman–Crippen MR) is 61.6 cm³/mol. The first-order valence-electron chi connectivity index (χ1n) is 4.77. The van der Waals surface area contributed by atoms with Crippen molar-refractivity contribution in [2.45, 2.75) is 6.54 Å². The summed E-state index contributed by atoms with van der Waals surface area (Å²) in [6.45, 7) is 0.248. The predicted octanol–water partition coefficient (Wildman–Crippen LogP) is 1.21. The molecule has 5 nitrogen and oxygen atoms in total.